The van der Waals surface area contributed by atoms with Gasteiger partial charge < -0.3 is 10.6 Å². The van der Waals surface area contributed by atoms with Gasteiger partial charge in [-0.05, 0) is 33.3 Å². The predicted octanol–water partition coefficient (Wildman–Crippen LogP) is 2.47. The first-order valence-electron chi connectivity index (χ1n) is 6.07. The van der Waals surface area contributed by atoms with E-state index in [2.05, 4.69) is 36.7 Å². The molecule has 3 nitrogen and oxygen atoms in total. The molecule has 90 valence electrons. The highest BCUT2D eigenvalue weighted by molar-refractivity contribution is 5.48. The van der Waals surface area contributed by atoms with Crippen LogP contribution in [0, 0.1) is 6.92 Å². The lowest BCUT2D eigenvalue weighted by Gasteiger charge is -2.30. The van der Waals surface area contributed by atoms with Crippen LogP contribution < -0.4 is 10.6 Å². The number of anilines is 1. The topological polar surface area (TPSA) is 42.2 Å². The molecule has 0 saturated heterocycles. The number of rotatable bonds is 5. The molecule has 0 aromatic carbocycles. The Hall–Kier alpha value is -1.09. The molecule has 3 heteroatoms. The first-order valence-corrected chi connectivity index (χ1v) is 6.07. The highest BCUT2D eigenvalue weighted by Gasteiger charge is 2.15. The standard InChI is InChI=1S/C13H23N3/c1-5-11(4)16(6-2)13-12(9-14)8-7-10(3)15-13/h7-8,11H,5-6,9,14H2,1-4H3. The van der Waals surface area contributed by atoms with Crippen LogP contribution in [0.3, 0.4) is 0 Å². The quantitative estimate of drug-likeness (QED) is 0.830. The van der Waals surface area contributed by atoms with E-state index in [-0.39, 0.29) is 0 Å². The van der Waals surface area contributed by atoms with E-state index in [4.69, 9.17) is 5.73 Å². The van der Waals surface area contributed by atoms with E-state index in [1.54, 1.807) is 0 Å². The second kappa shape index (κ2) is 5.85. The van der Waals surface area contributed by atoms with Gasteiger partial charge in [-0.1, -0.05) is 13.0 Å². The van der Waals surface area contributed by atoms with Crippen LogP contribution in [0.15, 0.2) is 12.1 Å². The molecule has 0 saturated carbocycles. The van der Waals surface area contributed by atoms with Gasteiger partial charge in [0.2, 0.25) is 0 Å². The van der Waals surface area contributed by atoms with Crippen LogP contribution in [0.4, 0.5) is 5.82 Å². The Morgan fingerprint density at radius 1 is 1.38 bits per heavy atom. The lowest BCUT2D eigenvalue weighted by molar-refractivity contribution is 0.619. The maximum absolute atomic E-state index is 5.77. The van der Waals surface area contributed by atoms with Crippen LogP contribution in [-0.2, 0) is 6.54 Å². The highest BCUT2D eigenvalue weighted by Crippen LogP contribution is 2.21. The molecular weight excluding hydrogens is 198 g/mol. The van der Waals surface area contributed by atoms with E-state index in [9.17, 15) is 0 Å². The Bertz CT molecular complexity index is 336. The van der Waals surface area contributed by atoms with Gasteiger partial charge in [-0.3, -0.25) is 0 Å². The lowest BCUT2D eigenvalue weighted by Crippen LogP contribution is -2.34. The highest BCUT2D eigenvalue weighted by atomic mass is 15.2. The summed E-state index contributed by atoms with van der Waals surface area (Å²) >= 11 is 0. The Morgan fingerprint density at radius 3 is 2.56 bits per heavy atom. The second-order valence-corrected chi connectivity index (χ2v) is 4.18. The summed E-state index contributed by atoms with van der Waals surface area (Å²) < 4.78 is 0. The van der Waals surface area contributed by atoms with Gasteiger partial charge in [0.25, 0.3) is 0 Å². The van der Waals surface area contributed by atoms with E-state index in [0.29, 0.717) is 12.6 Å². The first-order chi connectivity index (χ1) is 7.63. The molecule has 0 aliphatic heterocycles. The molecule has 0 aliphatic carbocycles. The summed E-state index contributed by atoms with van der Waals surface area (Å²) in [7, 11) is 0. The zero-order valence-corrected chi connectivity index (χ0v) is 10.8. The van der Waals surface area contributed by atoms with Crippen molar-refractivity contribution < 1.29 is 0 Å². The third kappa shape index (κ3) is 2.73. The molecule has 0 amide bonds. The molecule has 1 unspecified atom stereocenters. The first kappa shape index (κ1) is 13.0. The normalized spacial score (nSPS) is 12.6. The summed E-state index contributed by atoms with van der Waals surface area (Å²) in [4.78, 5) is 6.96. The number of hydrogen-bond donors (Lipinski definition) is 1. The molecule has 0 spiro atoms. The van der Waals surface area contributed by atoms with Crippen molar-refractivity contribution in [3.63, 3.8) is 0 Å². The van der Waals surface area contributed by atoms with Gasteiger partial charge in [0, 0.05) is 30.4 Å². The molecule has 1 aromatic heterocycles. The molecular formula is C13H23N3. The van der Waals surface area contributed by atoms with Crippen molar-refractivity contribution in [3.05, 3.63) is 23.4 Å². The lowest BCUT2D eigenvalue weighted by atomic mass is 10.1. The number of aromatic nitrogens is 1. The fourth-order valence-electron chi connectivity index (χ4n) is 1.87. The van der Waals surface area contributed by atoms with E-state index in [1.165, 1.54) is 0 Å². The Kier molecular flexibility index (Phi) is 4.74. The average molecular weight is 221 g/mol. The van der Waals surface area contributed by atoms with Crippen LogP contribution in [0.25, 0.3) is 0 Å². The predicted molar refractivity (Wildman–Crippen MR) is 69.6 cm³/mol. The molecule has 2 N–H and O–H groups in total. The Balaban J connectivity index is 3.11. The van der Waals surface area contributed by atoms with Gasteiger partial charge in [-0.2, -0.15) is 0 Å². The minimum atomic E-state index is 0.504. The number of hydrogen-bond acceptors (Lipinski definition) is 3. The molecule has 1 aromatic rings. The van der Waals surface area contributed by atoms with Crippen molar-refractivity contribution in [2.45, 2.75) is 46.7 Å². The van der Waals surface area contributed by atoms with E-state index in [1.807, 2.05) is 13.0 Å². The smallest absolute Gasteiger partial charge is 0.133 e. The van der Waals surface area contributed by atoms with Crippen molar-refractivity contribution in [3.8, 4) is 0 Å². The van der Waals surface area contributed by atoms with E-state index >= 15 is 0 Å². The molecule has 0 radical (unpaired) electrons. The monoisotopic (exact) mass is 221 g/mol. The van der Waals surface area contributed by atoms with Crippen LogP contribution in [0.5, 0.6) is 0 Å². The van der Waals surface area contributed by atoms with Gasteiger partial charge in [0.15, 0.2) is 0 Å². The summed E-state index contributed by atoms with van der Waals surface area (Å²) in [6, 6.07) is 4.61. The van der Waals surface area contributed by atoms with Gasteiger partial charge >= 0.3 is 0 Å². The molecule has 1 rings (SSSR count). The van der Waals surface area contributed by atoms with E-state index in [0.717, 1.165) is 30.0 Å². The molecule has 0 aliphatic rings. The number of nitrogens with two attached hydrogens (primary N) is 1. The summed E-state index contributed by atoms with van der Waals surface area (Å²) in [6.07, 6.45) is 1.12. The Morgan fingerprint density at radius 2 is 2.06 bits per heavy atom. The molecule has 0 fully saturated rings. The van der Waals surface area contributed by atoms with E-state index < -0.39 is 0 Å². The van der Waals surface area contributed by atoms with Crippen LogP contribution >= 0.6 is 0 Å². The summed E-state index contributed by atoms with van der Waals surface area (Å²) in [6.45, 7) is 10.1. The minimum absolute atomic E-state index is 0.504. The van der Waals surface area contributed by atoms with Crippen molar-refractivity contribution in [1.29, 1.82) is 0 Å². The summed E-state index contributed by atoms with van der Waals surface area (Å²) in [5.74, 6) is 1.05. The summed E-state index contributed by atoms with van der Waals surface area (Å²) in [5, 5.41) is 0. The fourth-order valence-corrected chi connectivity index (χ4v) is 1.87. The van der Waals surface area contributed by atoms with Crippen molar-refractivity contribution >= 4 is 5.82 Å². The summed E-state index contributed by atoms with van der Waals surface area (Å²) in [5.41, 5.74) is 7.95. The zero-order chi connectivity index (χ0) is 12.1. The SMILES string of the molecule is CCC(C)N(CC)c1nc(C)ccc1CN. The fraction of sp³-hybridized carbons (Fsp3) is 0.615. The maximum Gasteiger partial charge on any atom is 0.133 e. The largest absolute Gasteiger partial charge is 0.354 e. The average Bonchev–Trinajstić information content (AvgIpc) is 2.30. The molecule has 1 atom stereocenters. The van der Waals surface area contributed by atoms with Crippen LogP contribution in [0.1, 0.15) is 38.4 Å². The van der Waals surface area contributed by atoms with Gasteiger partial charge in [0.1, 0.15) is 5.82 Å². The molecule has 16 heavy (non-hydrogen) atoms. The zero-order valence-electron chi connectivity index (χ0n) is 10.8. The maximum atomic E-state index is 5.77. The number of nitrogens with zero attached hydrogens (tertiary/aromatic N) is 2. The molecule has 0 bridgehead atoms. The van der Waals surface area contributed by atoms with Crippen molar-refractivity contribution in [2.24, 2.45) is 5.73 Å². The minimum Gasteiger partial charge on any atom is -0.354 e. The molecule has 1 heterocycles. The van der Waals surface area contributed by atoms with Crippen molar-refractivity contribution in [2.75, 3.05) is 11.4 Å². The number of pyridine rings is 1. The number of aryl methyl sites for hydroxylation is 1. The van der Waals surface area contributed by atoms with Crippen LogP contribution in [0.2, 0.25) is 0 Å². The second-order valence-electron chi connectivity index (χ2n) is 4.18. The third-order valence-electron chi connectivity index (χ3n) is 3.05. The Labute approximate surface area is 98.7 Å². The van der Waals surface area contributed by atoms with Gasteiger partial charge in [-0.25, -0.2) is 4.98 Å². The van der Waals surface area contributed by atoms with Crippen LogP contribution in [-0.4, -0.2) is 17.6 Å². The van der Waals surface area contributed by atoms with Gasteiger partial charge in [-0.15, -0.1) is 0 Å². The third-order valence-corrected chi connectivity index (χ3v) is 3.05. The van der Waals surface area contributed by atoms with Gasteiger partial charge in [0.05, 0.1) is 0 Å². The van der Waals surface area contributed by atoms with Crippen molar-refractivity contribution in [1.82, 2.24) is 4.98 Å².